The summed E-state index contributed by atoms with van der Waals surface area (Å²) in [5.41, 5.74) is 1.20. The van der Waals surface area contributed by atoms with Crippen molar-refractivity contribution in [2.75, 3.05) is 19.5 Å². The number of ether oxygens (including phenoxy) is 2. The van der Waals surface area contributed by atoms with E-state index in [4.69, 9.17) is 9.47 Å². The minimum atomic E-state index is -0.831. The molecule has 0 fully saturated rings. The largest absolute Gasteiger partial charge is 0.497 e. The smallest absolute Gasteiger partial charge is 0.319 e. The molecule has 0 saturated carbocycles. The van der Waals surface area contributed by atoms with Gasteiger partial charge >= 0.3 is 6.03 Å². The summed E-state index contributed by atoms with van der Waals surface area (Å²) >= 11 is 0. The molecule has 0 aromatic heterocycles. The molecule has 10 nitrogen and oxygen atoms in total. The number of methoxy groups -OCH3 is 2. The molecule has 3 rings (SSSR count). The van der Waals surface area contributed by atoms with E-state index in [0.717, 1.165) is 0 Å². The average molecular weight is 412 g/mol. The number of nitro groups is 1. The summed E-state index contributed by atoms with van der Waals surface area (Å²) in [6, 6.07) is 9.32. The second-order valence-electron chi connectivity index (χ2n) is 6.44. The van der Waals surface area contributed by atoms with E-state index in [2.05, 4.69) is 16.0 Å². The van der Waals surface area contributed by atoms with Gasteiger partial charge in [0.05, 0.1) is 30.8 Å². The van der Waals surface area contributed by atoms with Crippen LogP contribution in [-0.4, -0.2) is 31.1 Å². The molecule has 0 spiro atoms. The molecule has 0 unspecified atom stereocenters. The Hall–Kier alpha value is -4.08. The maximum Gasteiger partial charge on any atom is 0.319 e. The number of amides is 3. The van der Waals surface area contributed by atoms with E-state index >= 15 is 0 Å². The maximum absolute atomic E-state index is 13.1. The number of urea groups is 1. The Morgan fingerprint density at radius 1 is 1.17 bits per heavy atom. The summed E-state index contributed by atoms with van der Waals surface area (Å²) in [5.74, 6) is 0.446. The van der Waals surface area contributed by atoms with Gasteiger partial charge in [-0.25, -0.2) is 4.79 Å². The van der Waals surface area contributed by atoms with Gasteiger partial charge in [0.2, 0.25) is 0 Å². The highest BCUT2D eigenvalue weighted by molar-refractivity contribution is 6.07. The predicted octanol–water partition coefficient (Wildman–Crippen LogP) is 2.88. The summed E-state index contributed by atoms with van der Waals surface area (Å²) in [6.07, 6.45) is 0. The number of carbonyl (C=O) groups excluding carboxylic acids is 2. The fourth-order valence-corrected chi connectivity index (χ4v) is 3.19. The quantitative estimate of drug-likeness (QED) is 0.494. The minimum Gasteiger partial charge on any atom is -0.497 e. The molecular formula is C20H20N4O6. The van der Waals surface area contributed by atoms with Crippen molar-refractivity contribution in [2.24, 2.45) is 0 Å². The van der Waals surface area contributed by atoms with Crippen molar-refractivity contribution >= 4 is 23.3 Å². The predicted molar refractivity (Wildman–Crippen MR) is 108 cm³/mol. The Morgan fingerprint density at radius 3 is 2.60 bits per heavy atom. The third-order valence-electron chi connectivity index (χ3n) is 4.58. The van der Waals surface area contributed by atoms with E-state index in [9.17, 15) is 19.7 Å². The number of hydrogen-bond donors (Lipinski definition) is 3. The van der Waals surface area contributed by atoms with Gasteiger partial charge < -0.3 is 25.4 Å². The number of nitro benzene ring substituents is 1. The second-order valence-corrected chi connectivity index (χ2v) is 6.44. The Bertz CT molecular complexity index is 1050. The summed E-state index contributed by atoms with van der Waals surface area (Å²) in [4.78, 5) is 35.7. The van der Waals surface area contributed by atoms with Crippen LogP contribution in [0.15, 0.2) is 53.7 Å². The summed E-state index contributed by atoms with van der Waals surface area (Å²) in [5, 5.41) is 19.0. The van der Waals surface area contributed by atoms with Crippen molar-refractivity contribution in [3.05, 3.63) is 69.4 Å². The van der Waals surface area contributed by atoms with Crippen molar-refractivity contribution < 1.29 is 24.0 Å². The molecule has 3 N–H and O–H groups in total. The number of nitrogens with zero attached hydrogens (tertiary/aromatic N) is 1. The van der Waals surface area contributed by atoms with E-state index in [1.807, 2.05) is 0 Å². The van der Waals surface area contributed by atoms with Crippen molar-refractivity contribution in [3.63, 3.8) is 0 Å². The van der Waals surface area contributed by atoms with Crippen molar-refractivity contribution in [2.45, 2.75) is 13.0 Å². The van der Waals surface area contributed by atoms with Gasteiger partial charge in [-0.2, -0.15) is 0 Å². The third kappa shape index (κ3) is 4.17. The summed E-state index contributed by atoms with van der Waals surface area (Å²) < 4.78 is 10.7. The van der Waals surface area contributed by atoms with E-state index < -0.39 is 22.9 Å². The standard InChI is InChI=1S/C20H20N4O6/c1-11-17(19(25)22-12-5-4-6-13(9-12)24(27)28)18(23-20(26)21-11)15-10-14(29-2)7-8-16(15)30-3/h4-10,18H,1-3H3,(H,22,25)(H2,21,23,26)/t18-/m0/s1. The van der Waals surface area contributed by atoms with E-state index in [0.29, 0.717) is 22.8 Å². The van der Waals surface area contributed by atoms with Crippen LogP contribution in [0.1, 0.15) is 18.5 Å². The molecule has 2 aromatic carbocycles. The lowest BCUT2D eigenvalue weighted by Crippen LogP contribution is -2.46. The van der Waals surface area contributed by atoms with Crippen molar-refractivity contribution in [3.8, 4) is 11.5 Å². The molecule has 1 atom stereocenters. The number of carbonyl (C=O) groups is 2. The van der Waals surface area contributed by atoms with Crippen LogP contribution in [0, 0.1) is 10.1 Å². The van der Waals surface area contributed by atoms with Crippen LogP contribution in [0.25, 0.3) is 0 Å². The normalized spacial score (nSPS) is 15.7. The number of hydrogen-bond acceptors (Lipinski definition) is 6. The van der Waals surface area contributed by atoms with Crippen LogP contribution in [-0.2, 0) is 4.79 Å². The second kappa shape index (κ2) is 8.52. The Kier molecular flexibility index (Phi) is 5.86. The number of non-ortho nitro benzene ring substituents is 1. The van der Waals surface area contributed by atoms with Gasteiger partial charge in [0.15, 0.2) is 0 Å². The molecule has 1 heterocycles. The maximum atomic E-state index is 13.1. The Morgan fingerprint density at radius 2 is 1.93 bits per heavy atom. The number of benzene rings is 2. The molecular weight excluding hydrogens is 392 g/mol. The van der Waals surface area contributed by atoms with Gasteiger partial charge in [-0.1, -0.05) is 6.07 Å². The molecule has 0 bridgehead atoms. The van der Waals surface area contributed by atoms with Crippen LogP contribution in [0.4, 0.5) is 16.2 Å². The highest BCUT2D eigenvalue weighted by Crippen LogP contribution is 2.36. The van der Waals surface area contributed by atoms with Crippen molar-refractivity contribution in [1.29, 1.82) is 0 Å². The van der Waals surface area contributed by atoms with Crippen LogP contribution in [0.5, 0.6) is 11.5 Å². The molecule has 0 aliphatic carbocycles. The van der Waals surface area contributed by atoms with Gasteiger partial charge in [-0.05, 0) is 31.2 Å². The zero-order valence-electron chi connectivity index (χ0n) is 16.5. The highest BCUT2D eigenvalue weighted by atomic mass is 16.6. The van der Waals surface area contributed by atoms with Crippen LogP contribution < -0.4 is 25.4 Å². The number of anilines is 1. The van der Waals surface area contributed by atoms with Crippen LogP contribution >= 0.6 is 0 Å². The molecule has 2 aromatic rings. The van der Waals surface area contributed by atoms with Crippen LogP contribution in [0.3, 0.4) is 0 Å². The number of allylic oxidation sites excluding steroid dienone is 1. The lowest BCUT2D eigenvalue weighted by Gasteiger charge is -2.29. The third-order valence-corrected chi connectivity index (χ3v) is 4.58. The molecule has 30 heavy (non-hydrogen) atoms. The molecule has 0 saturated heterocycles. The molecule has 1 aliphatic heterocycles. The average Bonchev–Trinajstić information content (AvgIpc) is 2.72. The first kappa shape index (κ1) is 20.6. The molecule has 10 heteroatoms. The van der Waals surface area contributed by atoms with Gasteiger partial charge in [0, 0.05) is 29.1 Å². The zero-order chi connectivity index (χ0) is 21.8. The first-order valence-corrected chi connectivity index (χ1v) is 8.90. The van der Waals surface area contributed by atoms with Gasteiger partial charge in [0.25, 0.3) is 11.6 Å². The molecule has 3 amide bonds. The highest BCUT2D eigenvalue weighted by Gasteiger charge is 2.33. The number of rotatable bonds is 6. The van der Waals surface area contributed by atoms with Gasteiger partial charge in [-0.15, -0.1) is 0 Å². The fourth-order valence-electron chi connectivity index (χ4n) is 3.19. The van der Waals surface area contributed by atoms with Gasteiger partial charge in [-0.3, -0.25) is 14.9 Å². The first-order chi connectivity index (χ1) is 14.3. The first-order valence-electron chi connectivity index (χ1n) is 8.90. The number of nitrogens with one attached hydrogen (secondary N) is 3. The van der Waals surface area contributed by atoms with Gasteiger partial charge in [0.1, 0.15) is 11.5 Å². The SMILES string of the molecule is COc1ccc(OC)c([C@@H]2NC(=O)NC(C)=C2C(=O)Nc2cccc([N+](=O)[O-])c2)c1. The Balaban J connectivity index is 2.01. The lowest BCUT2D eigenvalue weighted by atomic mass is 9.93. The zero-order valence-corrected chi connectivity index (χ0v) is 16.5. The molecule has 0 radical (unpaired) electrons. The lowest BCUT2D eigenvalue weighted by molar-refractivity contribution is -0.384. The van der Waals surface area contributed by atoms with E-state index in [1.165, 1.54) is 38.5 Å². The van der Waals surface area contributed by atoms with E-state index in [-0.39, 0.29) is 16.9 Å². The summed E-state index contributed by atoms with van der Waals surface area (Å²) in [6.45, 7) is 1.60. The fraction of sp³-hybridized carbons (Fsp3) is 0.200. The summed E-state index contributed by atoms with van der Waals surface area (Å²) in [7, 11) is 2.98. The van der Waals surface area contributed by atoms with Crippen LogP contribution in [0.2, 0.25) is 0 Å². The Labute approximate surface area is 172 Å². The van der Waals surface area contributed by atoms with Crippen molar-refractivity contribution in [1.82, 2.24) is 10.6 Å². The minimum absolute atomic E-state index is 0.153. The topological polar surface area (TPSA) is 132 Å². The van der Waals surface area contributed by atoms with E-state index in [1.54, 1.807) is 25.1 Å². The molecule has 156 valence electrons. The monoisotopic (exact) mass is 412 g/mol. The molecule has 1 aliphatic rings.